The molecule has 3 N–H and O–H groups in total. The van der Waals surface area contributed by atoms with Crippen molar-refractivity contribution in [2.45, 2.75) is 27.0 Å². The second-order valence-electron chi connectivity index (χ2n) is 4.14. The maximum absolute atomic E-state index is 9.52. The maximum Gasteiger partial charge on any atom is 0.146 e. The van der Waals surface area contributed by atoms with Gasteiger partial charge in [-0.25, -0.2) is 0 Å². The molecule has 0 aliphatic carbocycles. The first-order valence-corrected chi connectivity index (χ1v) is 6.76. The Kier molecular flexibility index (Phi) is 3.99. The van der Waals surface area contributed by atoms with Gasteiger partial charge in [-0.15, -0.1) is 0 Å². The Morgan fingerprint density at radius 3 is 2.89 bits per heavy atom. The van der Waals surface area contributed by atoms with Crippen LogP contribution in [0.2, 0.25) is 0 Å². The van der Waals surface area contributed by atoms with Gasteiger partial charge in [0.05, 0.1) is 15.9 Å². The Bertz CT molecular complexity index is 596. The van der Waals surface area contributed by atoms with Crippen molar-refractivity contribution in [3.05, 3.63) is 34.1 Å². The van der Waals surface area contributed by atoms with Crippen LogP contribution in [0.4, 0.5) is 5.69 Å². The molecule has 19 heavy (non-hydrogen) atoms. The predicted molar refractivity (Wildman–Crippen MR) is 77.2 cm³/mol. The van der Waals surface area contributed by atoms with E-state index in [0.29, 0.717) is 12.4 Å². The molecule has 0 spiro atoms. The number of nitrogens with two attached hydrogens (primary N) is 1. The van der Waals surface area contributed by atoms with E-state index in [0.717, 1.165) is 22.4 Å². The van der Waals surface area contributed by atoms with E-state index in [-0.39, 0.29) is 11.4 Å². The van der Waals surface area contributed by atoms with Gasteiger partial charge >= 0.3 is 0 Å². The van der Waals surface area contributed by atoms with Crippen LogP contribution in [-0.2, 0) is 13.2 Å². The molecule has 2 rings (SSSR count). The number of aromatic hydroxyl groups is 1. The molecule has 0 saturated carbocycles. The molecule has 0 aliphatic rings. The normalized spacial score (nSPS) is 10.7. The van der Waals surface area contributed by atoms with Gasteiger partial charge < -0.3 is 15.6 Å². The summed E-state index contributed by atoms with van der Waals surface area (Å²) in [6.07, 6.45) is 0. The van der Waals surface area contributed by atoms with Crippen molar-refractivity contribution in [2.24, 2.45) is 0 Å². The number of hydrogen-bond donors (Lipinski definition) is 2. The van der Waals surface area contributed by atoms with Crippen molar-refractivity contribution in [2.75, 3.05) is 5.73 Å². The molecule has 5 nitrogen and oxygen atoms in total. The number of nitrogen functional groups attached to an aromatic ring is 1. The number of phenols is 1. The van der Waals surface area contributed by atoms with Gasteiger partial charge in [-0.1, -0.05) is 6.07 Å². The van der Waals surface area contributed by atoms with Crippen molar-refractivity contribution in [3.63, 3.8) is 0 Å². The van der Waals surface area contributed by atoms with Crippen LogP contribution in [0.1, 0.15) is 18.3 Å². The first kappa shape index (κ1) is 13.7. The summed E-state index contributed by atoms with van der Waals surface area (Å²) in [6, 6.07) is 4.94. The number of anilines is 1. The summed E-state index contributed by atoms with van der Waals surface area (Å²) in [4.78, 5) is 0. The van der Waals surface area contributed by atoms with Gasteiger partial charge in [0.1, 0.15) is 23.8 Å². The molecule has 0 bridgehead atoms. The number of phenolic OH excluding ortho intramolecular Hbond substituents is 1. The summed E-state index contributed by atoms with van der Waals surface area (Å²) in [5, 5.41) is 13.9. The zero-order valence-corrected chi connectivity index (χ0v) is 12.4. The maximum atomic E-state index is 9.52. The molecule has 6 heteroatoms. The lowest BCUT2D eigenvalue weighted by Gasteiger charge is -2.11. The molecule has 0 saturated heterocycles. The molecule has 0 aliphatic heterocycles. The quantitative estimate of drug-likeness (QED) is 0.669. The highest BCUT2D eigenvalue weighted by molar-refractivity contribution is 9.10. The molecule has 1 heterocycles. The van der Waals surface area contributed by atoms with Crippen LogP contribution >= 0.6 is 15.9 Å². The molecule has 0 fully saturated rings. The van der Waals surface area contributed by atoms with E-state index in [2.05, 4.69) is 21.0 Å². The first-order chi connectivity index (χ1) is 9.04. The van der Waals surface area contributed by atoms with E-state index < -0.39 is 0 Å². The number of ether oxygens (including phenoxy) is 1. The molecule has 0 amide bonds. The highest BCUT2D eigenvalue weighted by atomic mass is 79.9. The number of rotatable bonds is 4. The van der Waals surface area contributed by atoms with E-state index in [1.165, 1.54) is 6.07 Å². The summed E-state index contributed by atoms with van der Waals surface area (Å²) >= 11 is 3.50. The monoisotopic (exact) mass is 325 g/mol. The predicted octanol–water partition coefficient (Wildman–Crippen LogP) is 2.84. The highest BCUT2D eigenvalue weighted by Gasteiger charge is 2.13. The summed E-state index contributed by atoms with van der Waals surface area (Å²) in [7, 11) is 0. The SMILES string of the molecule is CCn1nc(C)c(Br)c1COc1cccc(O)c1N. The molecule has 0 atom stereocenters. The summed E-state index contributed by atoms with van der Waals surface area (Å²) in [5.74, 6) is 0.491. The Hall–Kier alpha value is -1.69. The minimum atomic E-state index is 0.0248. The average molecular weight is 326 g/mol. The number of aromatic nitrogens is 2. The molecule has 2 aromatic rings. The lowest BCUT2D eigenvalue weighted by Crippen LogP contribution is -2.07. The molecular weight excluding hydrogens is 310 g/mol. The van der Waals surface area contributed by atoms with Crippen molar-refractivity contribution in [1.82, 2.24) is 9.78 Å². The Morgan fingerprint density at radius 2 is 2.21 bits per heavy atom. The van der Waals surface area contributed by atoms with Gasteiger partial charge in [0.15, 0.2) is 0 Å². The standard InChI is InChI=1S/C13H16BrN3O2/c1-3-17-9(12(14)8(2)16-17)7-19-11-6-4-5-10(18)13(11)15/h4-6,18H,3,7,15H2,1-2H3. The minimum Gasteiger partial charge on any atom is -0.506 e. The molecule has 1 aromatic heterocycles. The zero-order chi connectivity index (χ0) is 14.0. The fourth-order valence-corrected chi connectivity index (χ4v) is 2.21. The number of hydrogen-bond acceptors (Lipinski definition) is 4. The number of halogens is 1. The average Bonchev–Trinajstić information content (AvgIpc) is 2.67. The van der Waals surface area contributed by atoms with E-state index >= 15 is 0 Å². The topological polar surface area (TPSA) is 73.3 Å². The van der Waals surface area contributed by atoms with Crippen molar-refractivity contribution < 1.29 is 9.84 Å². The van der Waals surface area contributed by atoms with E-state index in [1.807, 2.05) is 18.5 Å². The Morgan fingerprint density at radius 1 is 1.47 bits per heavy atom. The summed E-state index contributed by atoms with van der Waals surface area (Å²) < 4.78 is 8.48. The van der Waals surface area contributed by atoms with Crippen molar-refractivity contribution in [1.29, 1.82) is 0 Å². The van der Waals surface area contributed by atoms with Gasteiger partial charge in [-0.2, -0.15) is 5.10 Å². The smallest absolute Gasteiger partial charge is 0.146 e. The van der Waals surface area contributed by atoms with Gasteiger partial charge in [0.25, 0.3) is 0 Å². The van der Waals surface area contributed by atoms with Crippen molar-refractivity contribution >= 4 is 21.6 Å². The second kappa shape index (κ2) is 5.52. The third-order valence-corrected chi connectivity index (χ3v) is 3.89. The van der Waals surface area contributed by atoms with Crippen LogP contribution in [0.25, 0.3) is 0 Å². The van der Waals surface area contributed by atoms with E-state index in [1.54, 1.807) is 12.1 Å². The molecule has 0 radical (unpaired) electrons. The third kappa shape index (κ3) is 2.68. The number of nitrogens with zero attached hydrogens (tertiary/aromatic N) is 2. The molecule has 1 aromatic carbocycles. The lowest BCUT2D eigenvalue weighted by atomic mass is 10.3. The van der Waals surface area contributed by atoms with Gasteiger partial charge in [0, 0.05) is 6.54 Å². The van der Waals surface area contributed by atoms with Crippen LogP contribution in [0.5, 0.6) is 11.5 Å². The van der Waals surface area contributed by atoms with Gasteiger partial charge in [-0.05, 0) is 41.9 Å². The van der Waals surface area contributed by atoms with Crippen LogP contribution in [0.3, 0.4) is 0 Å². The van der Waals surface area contributed by atoms with Crippen LogP contribution in [0, 0.1) is 6.92 Å². The summed E-state index contributed by atoms with van der Waals surface area (Å²) in [6.45, 7) is 5.05. The largest absolute Gasteiger partial charge is 0.506 e. The molecule has 102 valence electrons. The van der Waals surface area contributed by atoms with Gasteiger partial charge in [0.2, 0.25) is 0 Å². The fourth-order valence-electron chi connectivity index (χ4n) is 1.81. The van der Waals surface area contributed by atoms with Crippen LogP contribution in [0.15, 0.2) is 22.7 Å². The van der Waals surface area contributed by atoms with Crippen LogP contribution < -0.4 is 10.5 Å². The minimum absolute atomic E-state index is 0.0248. The second-order valence-corrected chi connectivity index (χ2v) is 4.93. The Labute approximate surface area is 120 Å². The third-order valence-electron chi connectivity index (χ3n) is 2.86. The molecular formula is C13H16BrN3O2. The number of para-hydroxylation sites is 1. The first-order valence-electron chi connectivity index (χ1n) is 5.96. The Balaban J connectivity index is 2.21. The fraction of sp³-hybridized carbons (Fsp3) is 0.308. The van der Waals surface area contributed by atoms with Crippen molar-refractivity contribution in [3.8, 4) is 11.5 Å². The van der Waals surface area contributed by atoms with E-state index in [4.69, 9.17) is 10.5 Å². The highest BCUT2D eigenvalue weighted by Crippen LogP contribution is 2.31. The lowest BCUT2D eigenvalue weighted by molar-refractivity contribution is 0.292. The zero-order valence-electron chi connectivity index (χ0n) is 10.9. The molecule has 0 unspecified atom stereocenters. The van der Waals surface area contributed by atoms with Crippen LogP contribution in [-0.4, -0.2) is 14.9 Å². The van der Waals surface area contributed by atoms with E-state index in [9.17, 15) is 5.11 Å². The van der Waals surface area contributed by atoms with Gasteiger partial charge in [-0.3, -0.25) is 4.68 Å². The number of benzene rings is 1. The summed E-state index contributed by atoms with van der Waals surface area (Å²) in [5.41, 5.74) is 7.87. The number of aryl methyl sites for hydroxylation is 2.